The van der Waals surface area contributed by atoms with E-state index in [0.29, 0.717) is 61.0 Å². The fourth-order valence-corrected chi connectivity index (χ4v) is 8.77. The first kappa shape index (κ1) is 42.3. The minimum absolute atomic E-state index is 0.00340. The summed E-state index contributed by atoms with van der Waals surface area (Å²) >= 11 is 0. The van der Waals surface area contributed by atoms with Crippen LogP contribution in [0.25, 0.3) is 22.5 Å². The number of fused-ring (bicyclic) bond motifs is 3. The van der Waals surface area contributed by atoms with Gasteiger partial charge in [-0.1, -0.05) is 51.9 Å². The summed E-state index contributed by atoms with van der Waals surface area (Å²) in [5.74, 6) is 0.0367. The number of carbonyl (C=O) groups is 2. The van der Waals surface area contributed by atoms with Crippen molar-refractivity contribution in [1.82, 2.24) is 24.5 Å². The fourth-order valence-electron chi connectivity index (χ4n) is 7.26. The summed E-state index contributed by atoms with van der Waals surface area (Å²) in [6.45, 7) is 28.2. The summed E-state index contributed by atoms with van der Waals surface area (Å²) in [5.41, 5.74) is 2.88. The lowest BCUT2D eigenvalue weighted by Gasteiger charge is -2.40. The highest BCUT2D eigenvalue weighted by Gasteiger charge is 2.46. The fraction of sp³-hybridized carbons (Fsp3) is 0.625. The van der Waals surface area contributed by atoms with E-state index in [1.54, 1.807) is 23.0 Å². The van der Waals surface area contributed by atoms with Gasteiger partial charge in [-0.3, -0.25) is 0 Å². The molecule has 2 aliphatic rings. The Morgan fingerprint density at radius 1 is 0.964 bits per heavy atom. The van der Waals surface area contributed by atoms with E-state index in [1.165, 1.54) is 6.07 Å². The van der Waals surface area contributed by atoms with Crippen LogP contribution in [0.5, 0.6) is 0 Å². The number of carboxylic acids is 1. The number of aromatic carboxylic acids is 1. The summed E-state index contributed by atoms with van der Waals surface area (Å²) in [4.78, 5) is 38.8. The van der Waals surface area contributed by atoms with Crippen molar-refractivity contribution in [2.75, 3.05) is 38.2 Å². The first-order chi connectivity index (χ1) is 25.8. The predicted octanol–water partition coefficient (Wildman–Crippen LogP) is 8.57. The van der Waals surface area contributed by atoms with Gasteiger partial charge < -0.3 is 33.9 Å². The first-order valence-electron chi connectivity index (χ1n) is 19.6. The number of amides is 1. The number of ether oxygens (including phenoxy) is 4. The molecule has 3 aromatic heterocycles. The lowest BCUT2D eigenvalue weighted by Crippen LogP contribution is -2.48. The predicted molar refractivity (Wildman–Crippen MR) is 221 cm³/mol. The zero-order chi connectivity index (χ0) is 40.3. The molecular weight excluding hydrogens is 733 g/mol. The van der Waals surface area contributed by atoms with Gasteiger partial charge in [0.2, 0.25) is 0 Å². The van der Waals surface area contributed by atoms with Crippen molar-refractivity contribution in [3.05, 3.63) is 48.1 Å². The maximum atomic E-state index is 13.5. The summed E-state index contributed by atoms with van der Waals surface area (Å²) in [7, 11) is -2.73. The lowest BCUT2D eigenvalue weighted by atomic mass is 9.85. The summed E-state index contributed by atoms with van der Waals surface area (Å²) in [6.07, 6.45) is 6.19. The maximum absolute atomic E-state index is 13.5. The van der Waals surface area contributed by atoms with Crippen LogP contribution in [-0.4, -0.2) is 109 Å². The van der Waals surface area contributed by atoms with Crippen molar-refractivity contribution in [1.29, 1.82) is 0 Å². The topological polar surface area (TPSA) is 141 Å². The molecule has 3 aromatic rings. The molecular formula is C40H62N6O7Si2. The van der Waals surface area contributed by atoms with Crippen LogP contribution in [0.15, 0.2) is 31.1 Å². The molecule has 5 rings (SSSR count). The molecule has 0 aliphatic carbocycles. The quantitative estimate of drug-likeness (QED) is 0.0608. The third-order valence-corrected chi connectivity index (χ3v) is 13.5. The largest absolute Gasteiger partial charge is 0.494 e. The molecule has 1 amide bonds. The molecule has 0 unspecified atom stereocenters. The lowest BCUT2D eigenvalue weighted by molar-refractivity contribution is 0.00564. The van der Waals surface area contributed by atoms with Gasteiger partial charge in [-0.15, -0.1) is 0 Å². The molecule has 2 saturated heterocycles. The Morgan fingerprint density at radius 2 is 1.56 bits per heavy atom. The van der Waals surface area contributed by atoms with Crippen molar-refractivity contribution in [2.24, 2.45) is 0 Å². The van der Waals surface area contributed by atoms with Gasteiger partial charge in [-0.2, -0.15) is 9.61 Å². The van der Waals surface area contributed by atoms with Crippen LogP contribution in [0.1, 0.15) is 81.0 Å². The molecule has 0 radical (unpaired) electrons. The average molecular weight is 795 g/mol. The standard InChI is InChI=1S/C40H62N6O7Si2/c1-12-52-27(2)34-35(29-21-30-14-15-31(22-29)45(30)39(49)53-40(3,4)5)43-36-32(28-13-16-33(38(47)48)41-23-28)24-42-46(36)37(34)44(25-50-17-19-54(6,7)8)26-51-18-20-55(9,10)11/h13,16,23-24,29-31H,2,12,14-15,17-22,25-26H2,1,3-11H3,(H,47,48)/t29-,30-,31+. The van der Waals surface area contributed by atoms with Gasteiger partial charge in [-0.25, -0.2) is 19.6 Å². The number of hydrogen-bond acceptors (Lipinski definition) is 10. The van der Waals surface area contributed by atoms with Gasteiger partial charge in [0.05, 0.1) is 24.1 Å². The second-order valence-electron chi connectivity index (χ2n) is 18.3. The molecule has 5 heterocycles. The smallest absolute Gasteiger partial charge is 0.410 e. The summed E-state index contributed by atoms with van der Waals surface area (Å²) < 4.78 is 26.8. The Kier molecular flexibility index (Phi) is 13.2. The Bertz CT molecular complexity index is 1790. The minimum atomic E-state index is -1.37. The Morgan fingerprint density at radius 3 is 2.05 bits per heavy atom. The number of nitrogens with zero attached hydrogens (tertiary/aromatic N) is 6. The van der Waals surface area contributed by atoms with E-state index < -0.39 is 27.7 Å². The number of anilines is 1. The van der Waals surface area contributed by atoms with Crippen LogP contribution in [0.4, 0.5) is 10.6 Å². The van der Waals surface area contributed by atoms with E-state index in [4.69, 9.17) is 29.0 Å². The highest BCUT2D eigenvalue weighted by Crippen LogP contribution is 2.47. The number of aromatic nitrogens is 4. The SMILES string of the molecule is C=C(OCC)c1c([C@@H]2C[C@H]3CC[C@@H](C2)N3C(=O)OC(C)(C)C)nc2c(-c3ccc(C(=O)O)nc3)cnn2c1N(COCC[Si](C)(C)C)COCC[Si](C)(C)C. The Labute approximate surface area is 328 Å². The molecule has 0 aromatic carbocycles. The molecule has 2 bridgehead atoms. The number of hydrogen-bond donors (Lipinski definition) is 1. The van der Waals surface area contributed by atoms with E-state index in [-0.39, 0.29) is 43.3 Å². The van der Waals surface area contributed by atoms with Gasteiger partial charge in [0.1, 0.15) is 36.3 Å². The van der Waals surface area contributed by atoms with Crippen molar-refractivity contribution < 1.29 is 33.6 Å². The normalized spacial score (nSPS) is 18.8. The number of pyridine rings is 1. The number of carboxylic acid groups (broad SMARTS) is 1. The van der Waals surface area contributed by atoms with E-state index >= 15 is 0 Å². The minimum Gasteiger partial charge on any atom is -0.494 e. The van der Waals surface area contributed by atoms with Crippen LogP contribution in [-0.2, 0) is 18.9 Å². The molecule has 1 N–H and O–H groups in total. The average Bonchev–Trinajstić information content (AvgIpc) is 3.62. The van der Waals surface area contributed by atoms with E-state index in [1.807, 2.05) is 32.6 Å². The highest BCUT2D eigenvalue weighted by molar-refractivity contribution is 6.76. The van der Waals surface area contributed by atoms with Crippen LogP contribution in [0.3, 0.4) is 0 Å². The second kappa shape index (κ2) is 17.1. The monoisotopic (exact) mass is 794 g/mol. The zero-order valence-corrected chi connectivity index (χ0v) is 36.6. The molecule has 15 heteroatoms. The Balaban J connectivity index is 1.67. The van der Waals surface area contributed by atoms with Gasteiger partial charge in [-0.05, 0) is 71.5 Å². The number of carbonyl (C=O) groups excluding carboxylic acids is 1. The summed E-state index contributed by atoms with van der Waals surface area (Å²) in [6, 6.07) is 5.24. The molecule has 0 spiro atoms. The number of rotatable bonds is 17. The third-order valence-electron chi connectivity index (χ3n) is 10.1. The van der Waals surface area contributed by atoms with Gasteiger partial charge in [0.25, 0.3) is 0 Å². The molecule has 3 atom stereocenters. The zero-order valence-electron chi connectivity index (χ0n) is 34.6. The second-order valence-corrected chi connectivity index (χ2v) is 29.5. The molecule has 13 nitrogen and oxygen atoms in total. The van der Waals surface area contributed by atoms with Crippen molar-refractivity contribution in [3.8, 4) is 11.1 Å². The van der Waals surface area contributed by atoms with Crippen LogP contribution in [0, 0.1) is 0 Å². The van der Waals surface area contributed by atoms with Crippen molar-refractivity contribution >= 4 is 45.4 Å². The first-order valence-corrected chi connectivity index (χ1v) is 27.0. The van der Waals surface area contributed by atoms with Gasteiger partial charge in [0.15, 0.2) is 5.65 Å². The van der Waals surface area contributed by atoms with Crippen LogP contribution in [0.2, 0.25) is 51.4 Å². The van der Waals surface area contributed by atoms with Crippen LogP contribution < -0.4 is 4.90 Å². The molecule has 302 valence electrons. The molecule has 2 fully saturated rings. The molecule has 0 saturated carbocycles. The van der Waals surface area contributed by atoms with Gasteiger partial charge in [0, 0.05) is 64.7 Å². The molecule has 55 heavy (non-hydrogen) atoms. The summed E-state index contributed by atoms with van der Waals surface area (Å²) in [5, 5.41) is 14.5. The van der Waals surface area contributed by atoms with Crippen LogP contribution >= 0.6 is 0 Å². The van der Waals surface area contributed by atoms with E-state index in [0.717, 1.165) is 36.2 Å². The van der Waals surface area contributed by atoms with E-state index in [2.05, 4.69) is 55.7 Å². The van der Waals surface area contributed by atoms with Gasteiger partial charge >= 0.3 is 12.1 Å². The molecule has 2 aliphatic heterocycles. The van der Waals surface area contributed by atoms with Crippen molar-refractivity contribution in [3.63, 3.8) is 0 Å². The number of piperidine rings is 1. The highest BCUT2D eigenvalue weighted by atomic mass is 28.3. The van der Waals surface area contributed by atoms with Crippen molar-refractivity contribution in [2.45, 2.75) is 128 Å². The Hall–Kier alpha value is -3.80. The maximum Gasteiger partial charge on any atom is 0.410 e. The third kappa shape index (κ3) is 10.7. The van der Waals surface area contributed by atoms with E-state index in [9.17, 15) is 14.7 Å².